The first-order chi connectivity index (χ1) is 13.6. The van der Waals surface area contributed by atoms with Crippen LogP contribution in [-0.2, 0) is 6.42 Å². The molecule has 0 unspecified atom stereocenters. The third kappa shape index (κ3) is 3.47. The number of nitrogens with two attached hydrogens (primary N) is 1. The third-order valence-electron chi connectivity index (χ3n) is 5.38. The van der Waals surface area contributed by atoms with Gasteiger partial charge in [-0.3, -0.25) is 4.79 Å². The predicted molar refractivity (Wildman–Crippen MR) is 116 cm³/mol. The highest BCUT2D eigenvalue weighted by Crippen LogP contribution is 2.40. The smallest absolute Gasteiger partial charge is 0.297 e. The topological polar surface area (TPSA) is 77.0 Å². The molecule has 0 radical (unpaired) electrons. The van der Waals surface area contributed by atoms with E-state index in [9.17, 15) is 4.79 Å². The van der Waals surface area contributed by atoms with Crippen LogP contribution in [0.2, 0.25) is 5.02 Å². The van der Waals surface area contributed by atoms with Gasteiger partial charge in [0.15, 0.2) is 0 Å². The summed E-state index contributed by atoms with van der Waals surface area (Å²) in [4.78, 5) is 19.7. The van der Waals surface area contributed by atoms with E-state index in [4.69, 9.17) is 17.3 Å². The Bertz CT molecular complexity index is 1080. The Morgan fingerprint density at radius 1 is 1.10 bits per heavy atom. The lowest BCUT2D eigenvalue weighted by Crippen LogP contribution is -2.36. The fourth-order valence-corrected chi connectivity index (χ4v) is 4.02. The van der Waals surface area contributed by atoms with Gasteiger partial charge < -0.3 is 10.6 Å². The van der Waals surface area contributed by atoms with E-state index in [0.717, 1.165) is 54.1 Å². The number of rotatable bonds is 3. The zero-order valence-electron chi connectivity index (χ0n) is 15.7. The number of carbonyl (C=O) groups excluding carboxylic acids is 1. The van der Waals surface area contributed by atoms with Crippen molar-refractivity contribution in [3.63, 3.8) is 0 Å². The van der Waals surface area contributed by atoms with Crippen LogP contribution in [0.4, 0.5) is 11.4 Å². The first-order valence-corrected chi connectivity index (χ1v) is 9.92. The van der Waals surface area contributed by atoms with Crippen LogP contribution >= 0.6 is 24.0 Å². The fourth-order valence-electron chi connectivity index (χ4n) is 3.80. The molecule has 5 rings (SSSR count). The molecule has 2 aliphatic rings. The molecule has 1 amide bonds. The first-order valence-electron chi connectivity index (χ1n) is 9.54. The quantitative estimate of drug-likeness (QED) is 0.625. The summed E-state index contributed by atoms with van der Waals surface area (Å²) >= 11 is 6.38. The Hall–Kier alpha value is -2.57. The van der Waals surface area contributed by atoms with Crippen molar-refractivity contribution in [3.05, 3.63) is 64.7 Å². The van der Waals surface area contributed by atoms with E-state index >= 15 is 0 Å². The molecule has 8 heteroatoms. The van der Waals surface area contributed by atoms with Gasteiger partial charge >= 0.3 is 0 Å². The number of amides is 1. The summed E-state index contributed by atoms with van der Waals surface area (Å²) in [6.07, 6.45) is 3.86. The Morgan fingerprint density at radius 3 is 2.62 bits per heavy atom. The normalized spacial score (nSPS) is 15.6. The van der Waals surface area contributed by atoms with Crippen molar-refractivity contribution in [1.82, 2.24) is 14.8 Å². The molecule has 1 fully saturated rings. The van der Waals surface area contributed by atoms with Crippen LogP contribution in [-0.4, -0.2) is 27.2 Å². The summed E-state index contributed by atoms with van der Waals surface area (Å²) < 4.78 is 1.73. The molecule has 1 saturated carbocycles. The lowest BCUT2D eigenvalue weighted by Gasteiger charge is -2.29. The fraction of sp³-hybridized carbons (Fsp3) is 0.286. The van der Waals surface area contributed by atoms with E-state index in [2.05, 4.69) is 10.1 Å². The van der Waals surface area contributed by atoms with Crippen molar-refractivity contribution in [1.29, 1.82) is 0 Å². The van der Waals surface area contributed by atoms with Crippen molar-refractivity contribution in [2.75, 3.05) is 17.2 Å². The van der Waals surface area contributed by atoms with Gasteiger partial charge in [-0.1, -0.05) is 29.8 Å². The lowest BCUT2D eigenvalue weighted by molar-refractivity contribution is 0.0975. The minimum atomic E-state index is -0.195. The molecule has 0 atom stereocenters. The summed E-state index contributed by atoms with van der Waals surface area (Å²) in [5, 5.41) is 5.16. The molecule has 2 aromatic carbocycles. The second-order valence-corrected chi connectivity index (χ2v) is 7.74. The number of hydrogen-bond acceptors (Lipinski definition) is 4. The SMILES string of the molecule is Cl.Nc1cccc2c1CCCN2C(=O)c1nc(C2CC2)n(-c2ccccc2Cl)n1. The van der Waals surface area contributed by atoms with Crippen molar-refractivity contribution < 1.29 is 4.79 Å². The predicted octanol–water partition coefficient (Wildman–Crippen LogP) is 4.40. The van der Waals surface area contributed by atoms with Gasteiger partial charge in [0.2, 0.25) is 5.82 Å². The lowest BCUT2D eigenvalue weighted by atomic mass is 10.00. The van der Waals surface area contributed by atoms with E-state index in [-0.39, 0.29) is 24.1 Å². The molecule has 1 aliphatic heterocycles. The van der Waals surface area contributed by atoms with Crippen LogP contribution in [0, 0.1) is 0 Å². The Morgan fingerprint density at radius 2 is 1.86 bits per heavy atom. The maximum Gasteiger partial charge on any atom is 0.297 e. The van der Waals surface area contributed by atoms with E-state index in [0.29, 0.717) is 17.5 Å². The zero-order valence-corrected chi connectivity index (χ0v) is 17.3. The van der Waals surface area contributed by atoms with Crippen LogP contribution in [0.5, 0.6) is 0 Å². The van der Waals surface area contributed by atoms with Gasteiger partial charge in [0.25, 0.3) is 5.91 Å². The number of para-hydroxylation sites is 1. The van der Waals surface area contributed by atoms with Crippen LogP contribution < -0.4 is 10.6 Å². The third-order valence-corrected chi connectivity index (χ3v) is 5.70. The van der Waals surface area contributed by atoms with Crippen molar-refractivity contribution in [2.45, 2.75) is 31.6 Å². The molecular weight excluding hydrogens is 409 g/mol. The second kappa shape index (κ2) is 7.69. The molecule has 150 valence electrons. The molecule has 1 aliphatic carbocycles. The molecule has 6 nitrogen and oxygen atoms in total. The highest BCUT2D eigenvalue weighted by Gasteiger charge is 2.34. The molecule has 0 bridgehead atoms. The van der Waals surface area contributed by atoms with Crippen LogP contribution in [0.25, 0.3) is 5.69 Å². The van der Waals surface area contributed by atoms with Crippen LogP contribution in [0.15, 0.2) is 42.5 Å². The number of benzene rings is 2. The number of carbonyl (C=O) groups is 1. The molecule has 3 aromatic rings. The van der Waals surface area contributed by atoms with Gasteiger partial charge in [-0.2, -0.15) is 0 Å². The number of halogens is 2. The Kier molecular flexibility index (Phi) is 5.23. The first kappa shape index (κ1) is 19.7. The number of anilines is 2. The molecule has 1 aromatic heterocycles. The van der Waals surface area contributed by atoms with Crippen LogP contribution in [0.1, 0.15) is 47.2 Å². The maximum atomic E-state index is 13.3. The standard InChI is InChI=1S/C21H20ClN5O.ClH/c22-15-6-1-2-8-18(15)27-20(13-10-11-13)24-19(25-27)21(28)26-12-4-5-14-16(23)7-3-9-17(14)26;/h1-3,6-9,13H,4-5,10-12,23H2;1H. The minimum absolute atomic E-state index is 0. The minimum Gasteiger partial charge on any atom is -0.398 e. The van der Waals surface area contributed by atoms with Crippen molar-refractivity contribution >= 4 is 41.3 Å². The second-order valence-electron chi connectivity index (χ2n) is 7.34. The summed E-state index contributed by atoms with van der Waals surface area (Å²) in [5.74, 6) is 1.15. The van der Waals surface area contributed by atoms with Gasteiger partial charge in [-0.25, -0.2) is 9.67 Å². The highest BCUT2D eigenvalue weighted by atomic mass is 35.5. The molecule has 2 N–H and O–H groups in total. The number of aromatic nitrogens is 3. The number of hydrogen-bond donors (Lipinski definition) is 1. The van der Waals surface area contributed by atoms with E-state index in [1.165, 1.54) is 0 Å². The molecule has 29 heavy (non-hydrogen) atoms. The number of nitrogen functional groups attached to an aromatic ring is 1. The summed E-state index contributed by atoms with van der Waals surface area (Å²) in [6.45, 7) is 0.634. The Labute approximate surface area is 180 Å². The van der Waals surface area contributed by atoms with Crippen molar-refractivity contribution in [3.8, 4) is 5.69 Å². The summed E-state index contributed by atoms with van der Waals surface area (Å²) in [5.41, 5.74) is 9.48. The monoisotopic (exact) mass is 429 g/mol. The number of fused-ring (bicyclic) bond motifs is 1. The molecule has 2 heterocycles. The maximum absolute atomic E-state index is 13.3. The zero-order chi connectivity index (χ0) is 19.3. The number of nitrogens with zero attached hydrogens (tertiary/aromatic N) is 4. The van der Waals surface area contributed by atoms with Gasteiger partial charge in [0.1, 0.15) is 5.82 Å². The van der Waals surface area contributed by atoms with E-state index in [1.807, 2.05) is 42.5 Å². The van der Waals surface area contributed by atoms with E-state index < -0.39 is 0 Å². The van der Waals surface area contributed by atoms with Gasteiger partial charge in [-0.15, -0.1) is 17.5 Å². The van der Waals surface area contributed by atoms with E-state index in [1.54, 1.807) is 9.58 Å². The van der Waals surface area contributed by atoms with Crippen LogP contribution in [0.3, 0.4) is 0 Å². The summed E-state index contributed by atoms with van der Waals surface area (Å²) in [6, 6.07) is 13.2. The van der Waals surface area contributed by atoms with Gasteiger partial charge in [0, 0.05) is 23.8 Å². The molecular formula is C21H21Cl2N5O. The Balaban J connectivity index is 0.00000205. The molecule has 0 spiro atoms. The van der Waals surface area contributed by atoms with Crippen molar-refractivity contribution in [2.24, 2.45) is 0 Å². The summed E-state index contributed by atoms with van der Waals surface area (Å²) in [7, 11) is 0. The largest absolute Gasteiger partial charge is 0.398 e. The van der Waals surface area contributed by atoms with Gasteiger partial charge in [0.05, 0.1) is 10.7 Å². The average Bonchev–Trinajstić information content (AvgIpc) is 3.46. The van der Waals surface area contributed by atoms with Gasteiger partial charge in [-0.05, 0) is 55.5 Å². The molecule has 0 saturated heterocycles. The average molecular weight is 430 g/mol. The highest BCUT2D eigenvalue weighted by molar-refractivity contribution is 6.32.